The maximum absolute atomic E-state index is 6.34. The van der Waals surface area contributed by atoms with Crippen LogP contribution in [0.15, 0.2) is 276 Å². The van der Waals surface area contributed by atoms with Gasteiger partial charge in [-0.2, -0.15) is 0 Å². The van der Waals surface area contributed by atoms with Crippen molar-refractivity contribution in [2.45, 2.75) is 156 Å². The van der Waals surface area contributed by atoms with Gasteiger partial charge in [0.05, 0.1) is 44.8 Å². The molecule has 0 atom stereocenters. The van der Waals surface area contributed by atoms with Gasteiger partial charge in [-0.15, -0.1) is 22.7 Å². The number of thiophene rings is 2. The summed E-state index contributed by atoms with van der Waals surface area (Å²) in [5, 5.41) is 19.9. The third-order valence-electron chi connectivity index (χ3n) is 26.1. The van der Waals surface area contributed by atoms with E-state index < -0.39 is 0 Å². The molecule has 4 aliphatic rings. The number of rotatable bonds is 6. The molecule has 0 radical (unpaired) electrons. The zero-order valence-corrected chi connectivity index (χ0v) is 70.2. The molecule has 0 aliphatic carbocycles. The van der Waals surface area contributed by atoms with E-state index in [4.69, 9.17) is 46.1 Å². The Hall–Kier alpha value is -9.90. The minimum Gasteiger partial charge on any atom is -0.456 e. The Morgan fingerprint density at radius 1 is 0.216 bits per heavy atom. The molecule has 576 valence electrons. The van der Waals surface area contributed by atoms with Crippen LogP contribution in [-0.2, 0) is 37.2 Å². The largest absolute Gasteiger partial charge is 0.494 e. The molecule has 4 aliphatic heterocycles. The summed E-state index contributed by atoms with van der Waals surface area (Å²) in [5.74, 6) is 0. The molecule has 0 N–H and O–H groups in total. The summed E-state index contributed by atoms with van der Waals surface area (Å²) < 4.78 is 67.5. The van der Waals surface area contributed by atoms with Crippen molar-refractivity contribution in [3.8, 4) is 22.3 Å². The van der Waals surface area contributed by atoms with Gasteiger partial charge in [-0.05, 0) is 241 Å². The van der Waals surface area contributed by atoms with E-state index in [9.17, 15) is 0 Å². The van der Waals surface area contributed by atoms with Gasteiger partial charge < -0.3 is 46.1 Å². The molecule has 0 amide bonds. The van der Waals surface area contributed by atoms with Crippen LogP contribution >= 0.6 is 22.7 Å². The Bertz CT molecular complexity index is 6700. The Morgan fingerprint density at radius 2 is 0.612 bits per heavy atom. The highest BCUT2D eigenvalue weighted by Crippen LogP contribution is 2.46. The van der Waals surface area contributed by atoms with Gasteiger partial charge in [-0.25, -0.2) is 0 Å². The van der Waals surface area contributed by atoms with Crippen molar-refractivity contribution < 1.29 is 46.1 Å². The first-order valence-corrected chi connectivity index (χ1v) is 42.0. The summed E-state index contributed by atoms with van der Waals surface area (Å²) >= 11 is 3.72. The van der Waals surface area contributed by atoms with Gasteiger partial charge in [0.2, 0.25) is 0 Å². The van der Waals surface area contributed by atoms with E-state index in [1.807, 2.05) is 34.8 Å². The molecule has 18 aromatic rings. The topological polar surface area (TPSA) is 100 Å². The van der Waals surface area contributed by atoms with Gasteiger partial charge >= 0.3 is 28.5 Å². The quantitative estimate of drug-likeness (QED) is 0.150. The molecule has 0 saturated carbocycles. The van der Waals surface area contributed by atoms with E-state index in [1.54, 1.807) is 0 Å². The van der Waals surface area contributed by atoms with E-state index in [1.165, 1.54) is 94.6 Å². The smallest absolute Gasteiger partial charge is 0.456 e. The molecule has 16 heteroatoms. The van der Waals surface area contributed by atoms with E-state index in [2.05, 4.69) is 366 Å². The highest BCUT2D eigenvalue weighted by atomic mass is 32.1. The van der Waals surface area contributed by atoms with Crippen molar-refractivity contribution in [1.29, 1.82) is 0 Å². The second-order valence-corrected chi connectivity index (χ2v) is 37.7. The van der Waals surface area contributed by atoms with Gasteiger partial charge in [0.1, 0.15) is 22.3 Å². The lowest BCUT2D eigenvalue weighted by molar-refractivity contribution is 0.00578. The standard InChI is InChI=1S/C28H25BO3.C28H25BO2S.C22H21BO3.C22H21BO2S/c1-27(2)28(3,4)32-29(31-27)21-13-9-18(10-14-21)20-12-15-23-24-16-11-19-7-5-6-8-22(19)26(24)30-25(23)17-20;1-27(2)28(3,4)31-29(30-27)21-10-7-9-19(16-21)20-13-14-23-24-15-12-18-8-5-6-11-22(18)26(24)32-25(23)17-20;1-21(2)22(3,4)26-23(25-21)15-10-11-17-19(13-15)24-18-12-9-14-7-5-6-8-16(14)20(17)18;1-21(2)22(3,4)25-23(24-21)15-10-11-17-19(13-15)26-18-12-9-14-7-5-6-8-16(14)20(17)18/h2*5-17H,1-4H3;2*5-13H,1-4H3. The van der Waals surface area contributed by atoms with Crippen LogP contribution in [0, 0.1) is 0 Å². The zero-order chi connectivity index (χ0) is 80.4. The Labute approximate surface area is 686 Å². The Morgan fingerprint density at radius 3 is 1.20 bits per heavy atom. The molecule has 116 heavy (non-hydrogen) atoms. The van der Waals surface area contributed by atoms with Crippen LogP contribution in [-0.4, -0.2) is 73.3 Å². The predicted octanol–water partition coefficient (Wildman–Crippen LogP) is 24.4. The van der Waals surface area contributed by atoms with Crippen LogP contribution in [0.3, 0.4) is 0 Å². The normalized spacial score (nSPS) is 18.2. The van der Waals surface area contributed by atoms with E-state index in [-0.39, 0.29) is 73.3 Å². The highest BCUT2D eigenvalue weighted by Gasteiger charge is 2.55. The third kappa shape index (κ3) is 13.1. The molecule has 8 heterocycles. The lowest BCUT2D eigenvalue weighted by Crippen LogP contribution is -2.41. The van der Waals surface area contributed by atoms with Crippen LogP contribution in [0.5, 0.6) is 0 Å². The first kappa shape index (κ1) is 76.1. The van der Waals surface area contributed by atoms with Gasteiger partial charge in [0, 0.05) is 67.3 Å². The summed E-state index contributed by atoms with van der Waals surface area (Å²) in [6, 6.07) is 94.5. The molecule has 4 saturated heterocycles. The van der Waals surface area contributed by atoms with Gasteiger partial charge in [-0.3, -0.25) is 0 Å². The third-order valence-corrected chi connectivity index (χ3v) is 28.4. The fourth-order valence-electron chi connectivity index (χ4n) is 16.4. The summed E-state index contributed by atoms with van der Waals surface area (Å²) in [7, 11) is -1.39. The first-order chi connectivity index (χ1) is 55.4. The van der Waals surface area contributed by atoms with E-state index >= 15 is 0 Å². The first-order valence-electron chi connectivity index (χ1n) is 40.4. The van der Waals surface area contributed by atoms with Crippen LogP contribution < -0.4 is 21.9 Å². The lowest BCUT2D eigenvalue weighted by Gasteiger charge is -2.32. The minimum atomic E-state index is -0.380. The molecule has 10 nitrogen and oxygen atoms in total. The molecule has 14 aromatic carbocycles. The molecule has 4 aromatic heterocycles. The van der Waals surface area contributed by atoms with Crippen LogP contribution in [0.4, 0.5) is 0 Å². The van der Waals surface area contributed by atoms with Gasteiger partial charge in [-0.1, -0.05) is 218 Å². The summed E-state index contributed by atoms with van der Waals surface area (Å²) in [6.07, 6.45) is 0. The van der Waals surface area contributed by atoms with Crippen molar-refractivity contribution in [3.05, 3.63) is 267 Å². The fraction of sp³-hybridized carbons (Fsp3) is 0.240. The Balaban J connectivity index is 0.000000104. The van der Waals surface area contributed by atoms with Crippen LogP contribution in [0.25, 0.3) is 150 Å². The number of hydrogen-bond acceptors (Lipinski definition) is 12. The second-order valence-electron chi connectivity index (χ2n) is 35.6. The Kier molecular flexibility index (Phi) is 18.3. The molecular weight excluding hydrogens is 1470 g/mol. The van der Waals surface area contributed by atoms with Crippen molar-refractivity contribution in [1.82, 2.24) is 0 Å². The maximum Gasteiger partial charge on any atom is 0.494 e. The molecule has 22 rings (SSSR count). The van der Waals surface area contributed by atoms with E-state index in [0.29, 0.717) is 0 Å². The molecule has 4 fully saturated rings. The van der Waals surface area contributed by atoms with Crippen molar-refractivity contribution >= 4 is 200 Å². The number of hydrogen-bond donors (Lipinski definition) is 0. The summed E-state index contributed by atoms with van der Waals surface area (Å²) in [6.45, 7) is 33.3. The average molecular weight is 1560 g/mol. The average Bonchev–Trinajstić information content (AvgIpc) is 1.60. The SMILES string of the molecule is CC1(C)OB(c2ccc(-c3ccc4c(c3)oc3c5ccccc5ccc43)cc2)OC1(C)C.CC1(C)OB(c2ccc3c(c2)oc2ccc4ccccc4c23)OC1(C)C.CC1(C)OB(c2ccc3c(c2)sc2ccc4ccccc4c23)OC1(C)C.CC1(C)OB(c2cccc(-c3ccc4c(c3)sc3c5ccccc5ccc43)c2)OC1(C)C. The highest BCUT2D eigenvalue weighted by molar-refractivity contribution is 7.27. The lowest BCUT2D eigenvalue weighted by atomic mass is 9.78. The van der Waals surface area contributed by atoms with Gasteiger partial charge in [0.25, 0.3) is 0 Å². The van der Waals surface area contributed by atoms with Gasteiger partial charge in [0.15, 0.2) is 0 Å². The monoisotopic (exact) mass is 1560 g/mol. The minimum absolute atomic E-state index is 0.314. The van der Waals surface area contributed by atoms with Crippen molar-refractivity contribution in [3.63, 3.8) is 0 Å². The number of furan rings is 2. The van der Waals surface area contributed by atoms with Crippen LogP contribution in [0.2, 0.25) is 0 Å². The zero-order valence-electron chi connectivity index (χ0n) is 68.6. The predicted molar refractivity (Wildman–Crippen MR) is 490 cm³/mol. The maximum atomic E-state index is 6.34. The molecule has 0 unspecified atom stereocenters. The summed E-state index contributed by atoms with van der Waals surface area (Å²) in [5.41, 5.74) is 9.76. The molecule has 0 spiro atoms. The van der Waals surface area contributed by atoms with E-state index in [0.717, 1.165) is 76.9 Å². The number of fused-ring (bicyclic) bond motifs is 20. The fourth-order valence-corrected chi connectivity index (χ4v) is 18.8. The van der Waals surface area contributed by atoms with Crippen molar-refractivity contribution in [2.24, 2.45) is 0 Å². The molecular formula is C100H92B4O10S2. The number of benzene rings is 14. The summed E-state index contributed by atoms with van der Waals surface area (Å²) in [4.78, 5) is 0. The van der Waals surface area contributed by atoms with Crippen LogP contribution in [0.1, 0.15) is 111 Å². The second kappa shape index (κ2) is 27.9. The molecule has 0 bridgehead atoms. The van der Waals surface area contributed by atoms with Crippen molar-refractivity contribution in [2.75, 3.05) is 0 Å².